The summed E-state index contributed by atoms with van der Waals surface area (Å²) >= 11 is 0. The molecule has 0 bridgehead atoms. The quantitative estimate of drug-likeness (QED) is 0.716. The van der Waals surface area contributed by atoms with E-state index in [0.29, 0.717) is 26.0 Å². The second-order valence-corrected chi connectivity index (χ2v) is 7.22. The number of aryl methyl sites for hydroxylation is 2. The number of rotatable bonds is 5. The van der Waals surface area contributed by atoms with E-state index >= 15 is 0 Å². The molecule has 0 radical (unpaired) electrons. The second kappa shape index (κ2) is 7.33. The lowest BCUT2D eigenvalue weighted by atomic mass is 9.68. The molecule has 0 aromatic heterocycles. The number of hydrogen-bond donors (Lipinski definition) is 3. The Morgan fingerprint density at radius 2 is 2.00 bits per heavy atom. The monoisotopic (exact) mass is 345 g/mol. The third-order valence-electron chi connectivity index (χ3n) is 5.12. The van der Waals surface area contributed by atoms with Crippen molar-refractivity contribution in [3.63, 3.8) is 0 Å². The highest BCUT2D eigenvalue weighted by atomic mass is 16.5. The van der Waals surface area contributed by atoms with Crippen LogP contribution in [0.25, 0.3) is 0 Å². The van der Waals surface area contributed by atoms with Gasteiger partial charge in [0.1, 0.15) is 12.4 Å². The Hall–Kier alpha value is -2.24. The van der Waals surface area contributed by atoms with Crippen molar-refractivity contribution >= 4 is 11.9 Å². The van der Waals surface area contributed by atoms with E-state index in [1.165, 1.54) is 0 Å². The third kappa shape index (κ3) is 4.24. The molecule has 136 valence electrons. The lowest BCUT2D eigenvalue weighted by Gasteiger charge is -2.50. The van der Waals surface area contributed by atoms with Crippen LogP contribution in [0.2, 0.25) is 0 Å². The Kier molecular flexibility index (Phi) is 5.16. The van der Waals surface area contributed by atoms with Crippen LogP contribution < -0.4 is 20.7 Å². The number of nitrogens with one attached hydrogen (secondary N) is 3. The zero-order valence-corrected chi connectivity index (χ0v) is 15.0. The van der Waals surface area contributed by atoms with Gasteiger partial charge in [-0.3, -0.25) is 4.79 Å². The molecule has 2 fully saturated rings. The first-order valence-corrected chi connectivity index (χ1v) is 9.03. The maximum Gasteiger partial charge on any atom is 0.315 e. The van der Waals surface area contributed by atoms with Crippen molar-refractivity contribution in [3.05, 3.63) is 29.3 Å². The van der Waals surface area contributed by atoms with Crippen molar-refractivity contribution in [2.24, 2.45) is 0 Å². The fraction of sp³-hybridized carbons (Fsp3) is 0.579. The molecule has 1 atom stereocenters. The Morgan fingerprint density at radius 3 is 2.64 bits per heavy atom. The van der Waals surface area contributed by atoms with Crippen molar-refractivity contribution in [2.45, 2.75) is 57.5 Å². The SMILES string of the molecule is Cc1cc(C)cc(OCCNC(=O)N[C@H]2CCC(=O)NC23CCC3)c1. The van der Waals surface area contributed by atoms with Crippen LogP contribution >= 0.6 is 0 Å². The third-order valence-corrected chi connectivity index (χ3v) is 5.12. The van der Waals surface area contributed by atoms with Crippen molar-refractivity contribution in [3.8, 4) is 5.75 Å². The molecule has 6 heteroatoms. The Morgan fingerprint density at radius 1 is 1.28 bits per heavy atom. The standard InChI is InChI=1S/C19H27N3O3/c1-13-10-14(2)12-15(11-13)25-9-8-20-18(24)21-16-4-5-17(23)22-19(16)6-3-7-19/h10-12,16H,3-9H2,1-2H3,(H,22,23)(H2,20,21,24)/t16-/m0/s1. The predicted molar refractivity (Wildman–Crippen MR) is 95.7 cm³/mol. The maximum atomic E-state index is 12.1. The van der Waals surface area contributed by atoms with E-state index in [0.717, 1.165) is 36.1 Å². The first-order chi connectivity index (χ1) is 12.0. The summed E-state index contributed by atoms with van der Waals surface area (Å²) in [5.74, 6) is 0.920. The molecular weight excluding hydrogens is 318 g/mol. The molecule has 1 aromatic carbocycles. The fourth-order valence-corrected chi connectivity index (χ4v) is 3.78. The van der Waals surface area contributed by atoms with E-state index in [1.807, 2.05) is 26.0 Å². The first kappa shape index (κ1) is 17.6. The van der Waals surface area contributed by atoms with Crippen LogP contribution in [0, 0.1) is 13.8 Å². The molecule has 1 aliphatic heterocycles. The number of ether oxygens (including phenoxy) is 1. The van der Waals surface area contributed by atoms with Gasteiger partial charge < -0.3 is 20.7 Å². The van der Waals surface area contributed by atoms with Crippen LogP contribution in [-0.2, 0) is 4.79 Å². The summed E-state index contributed by atoms with van der Waals surface area (Å²) in [6, 6.07) is 5.88. The van der Waals surface area contributed by atoms with E-state index in [4.69, 9.17) is 4.74 Å². The lowest BCUT2D eigenvalue weighted by molar-refractivity contribution is -0.127. The molecule has 1 spiro atoms. The molecule has 3 rings (SSSR count). The van der Waals surface area contributed by atoms with Gasteiger partial charge >= 0.3 is 6.03 Å². The summed E-state index contributed by atoms with van der Waals surface area (Å²) in [5.41, 5.74) is 2.10. The minimum absolute atomic E-state index is 0.0132. The normalized spacial score (nSPS) is 21.2. The van der Waals surface area contributed by atoms with Gasteiger partial charge in [0.15, 0.2) is 0 Å². The number of urea groups is 1. The first-order valence-electron chi connectivity index (χ1n) is 9.03. The fourth-order valence-electron chi connectivity index (χ4n) is 3.78. The van der Waals surface area contributed by atoms with Crippen LogP contribution in [0.3, 0.4) is 0 Å². The van der Waals surface area contributed by atoms with Crippen LogP contribution in [0.15, 0.2) is 18.2 Å². The summed E-state index contributed by atoms with van der Waals surface area (Å²) in [7, 11) is 0. The van der Waals surface area contributed by atoms with E-state index in [1.54, 1.807) is 0 Å². The maximum absolute atomic E-state index is 12.1. The Bertz CT molecular complexity index is 635. The number of carbonyl (C=O) groups excluding carboxylic acids is 2. The van der Waals surface area contributed by atoms with Crippen LogP contribution in [-0.4, -0.2) is 36.7 Å². The number of carbonyl (C=O) groups is 2. The zero-order chi connectivity index (χ0) is 17.9. The van der Waals surface area contributed by atoms with E-state index in [9.17, 15) is 9.59 Å². The van der Waals surface area contributed by atoms with Crippen molar-refractivity contribution in [1.82, 2.24) is 16.0 Å². The highest BCUT2D eigenvalue weighted by molar-refractivity contribution is 5.79. The molecule has 3 amide bonds. The highest BCUT2D eigenvalue weighted by Gasteiger charge is 2.48. The summed E-state index contributed by atoms with van der Waals surface area (Å²) in [6.45, 7) is 4.92. The predicted octanol–water partition coefficient (Wildman–Crippen LogP) is 2.18. The molecule has 1 heterocycles. The zero-order valence-electron chi connectivity index (χ0n) is 15.0. The van der Waals surface area contributed by atoms with Gasteiger partial charge in [-0.05, 0) is 62.8 Å². The summed E-state index contributed by atoms with van der Waals surface area (Å²) in [5, 5.41) is 8.95. The smallest absolute Gasteiger partial charge is 0.315 e. The summed E-state index contributed by atoms with van der Waals surface area (Å²) in [4.78, 5) is 23.8. The van der Waals surface area contributed by atoms with E-state index < -0.39 is 0 Å². The molecule has 2 aliphatic rings. The van der Waals surface area contributed by atoms with Gasteiger partial charge in [-0.2, -0.15) is 0 Å². The van der Waals surface area contributed by atoms with E-state index in [-0.39, 0.29) is 23.5 Å². The number of hydrogen-bond acceptors (Lipinski definition) is 3. The summed E-state index contributed by atoms with van der Waals surface area (Å²) < 4.78 is 5.70. The Balaban J connectivity index is 1.41. The van der Waals surface area contributed by atoms with Gasteiger partial charge in [-0.1, -0.05) is 6.07 Å². The molecule has 3 N–H and O–H groups in total. The van der Waals surface area contributed by atoms with Gasteiger partial charge in [0.2, 0.25) is 5.91 Å². The van der Waals surface area contributed by atoms with Crippen LogP contribution in [0.5, 0.6) is 5.75 Å². The number of amides is 3. The molecule has 0 unspecified atom stereocenters. The second-order valence-electron chi connectivity index (χ2n) is 7.22. The van der Waals surface area contributed by atoms with Crippen LogP contribution in [0.4, 0.5) is 4.79 Å². The average Bonchev–Trinajstić information content (AvgIpc) is 2.51. The van der Waals surface area contributed by atoms with E-state index in [2.05, 4.69) is 22.0 Å². The topological polar surface area (TPSA) is 79.5 Å². The molecule has 1 saturated heterocycles. The minimum atomic E-state index is -0.220. The van der Waals surface area contributed by atoms with Crippen LogP contribution in [0.1, 0.15) is 43.2 Å². The number of piperidine rings is 1. The number of benzene rings is 1. The molecule has 1 aliphatic carbocycles. The largest absolute Gasteiger partial charge is 0.492 e. The molecule has 6 nitrogen and oxygen atoms in total. The van der Waals surface area contributed by atoms with Gasteiger partial charge in [-0.15, -0.1) is 0 Å². The molecular formula is C19H27N3O3. The highest BCUT2D eigenvalue weighted by Crippen LogP contribution is 2.38. The van der Waals surface area contributed by atoms with Gasteiger partial charge in [0, 0.05) is 6.42 Å². The van der Waals surface area contributed by atoms with Gasteiger partial charge in [0.25, 0.3) is 0 Å². The van der Waals surface area contributed by atoms with Crippen molar-refractivity contribution in [1.29, 1.82) is 0 Å². The average molecular weight is 345 g/mol. The van der Waals surface area contributed by atoms with Gasteiger partial charge in [-0.25, -0.2) is 4.79 Å². The molecule has 1 saturated carbocycles. The molecule has 1 aromatic rings. The minimum Gasteiger partial charge on any atom is -0.492 e. The van der Waals surface area contributed by atoms with Crippen molar-refractivity contribution in [2.75, 3.05) is 13.2 Å². The van der Waals surface area contributed by atoms with Gasteiger partial charge in [0.05, 0.1) is 18.1 Å². The summed E-state index contributed by atoms with van der Waals surface area (Å²) in [6.07, 6.45) is 4.17. The molecule has 25 heavy (non-hydrogen) atoms. The van der Waals surface area contributed by atoms with Crippen molar-refractivity contribution < 1.29 is 14.3 Å². The lowest BCUT2D eigenvalue weighted by Crippen LogP contribution is -2.69. The Labute approximate surface area is 148 Å².